The van der Waals surface area contributed by atoms with Crippen LogP contribution in [0.5, 0.6) is 0 Å². The summed E-state index contributed by atoms with van der Waals surface area (Å²) in [4.78, 5) is 32.4. The maximum Gasteiger partial charge on any atom is 0.307 e. The number of carbonyl (C=O) groups is 1. The largest absolute Gasteiger partial charge is 0.481 e. The summed E-state index contributed by atoms with van der Waals surface area (Å²) < 4.78 is 3.25. The van der Waals surface area contributed by atoms with Crippen LogP contribution >= 0.6 is 23.2 Å². The van der Waals surface area contributed by atoms with Crippen LogP contribution < -0.4 is 5.56 Å². The molecule has 1 atom stereocenters. The second-order valence-corrected chi connectivity index (χ2v) is 9.77. The van der Waals surface area contributed by atoms with Crippen LogP contribution in [-0.2, 0) is 17.6 Å². The van der Waals surface area contributed by atoms with Gasteiger partial charge in [0.05, 0.1) is 23.8 Å². The Morgan fingerprint density at radius 2 is 1.97 bits per heavy atom. The van der Waals surface area contributed by atoms with Crippen molar-refractivity contribution in [2.45, 2.75) is 25.3 Å². The second-order valence-electron chi connectivity index (χ2n) is 8.97. The summed E-state index contributed by atoms with van der Waals surface area (Å²) in [5.74, 6) is -0.345. The Balaban J connectivity index is 1.37. The van der Waals surface area contributed by atoms with E-state index in [0.29, 0.717) is 46.2 Å². The van der Waals surface area contributed by atoms with E-state index in [-0.39, 0.29) is 23.2 Å². The number of hydrogen-bond donors (Lipinski definition) is 2. The number of imidazole rings is 1. The molecule has 2 N–H and O–H groups in total. The van der Waals surface area contributed by atoms with E-state index in [4.69, 9.17) is 28.3 Å². The molecule has 38 heavy (non-hydrogen) atoms. The average molecular weight is 548 g/mol. The summed E-state index contributed by atoms with van der Waals surface area (Å²) in [7, 11) is 0. The van der Waals surface area contributed by atoms with Crippen molar-refractivity contribution in [2.75, 3.05) is 0 Å². The van der Waals surface area contributed by atoms with Gasteiger partial charge in [0.2, 0.25) is 0 Å². The standard InChI is InChI=1S/C26H19Cl2N7O3/c27-17-4-6-20(34-13-29-32-33-34)19(12-17)16-10-18-5-7-21(35(18)22(36)11-16)26-30-24(25(28)31-26)15-3-1-2-14(8-15)9-23(37)38/h1-4,6,8,10-13,21H,5,7,9H2,(H,30,31)(H,37,38)/t21-/m0/s1. The van der Waals surface area contributed by atoms with E-state index in [1.54, 1.807) is 47.0 Å². The number of aryl methyl sites for hydroxylation is 1. The number of carboxylic acids is 1. The molecule has 10 nitrogen and oxygen atoms in total. The lowest BCUT2D eigenvalue weighted by Crippen LogP contribution is -2.24. The van der Waals surface area contributed by atoms with Gasteiger partial charge >= 0.3 is 5.97 Å². The number of H-pyrrole nitrogens is 1. The lowest BCUT2D eigenvalue weighted by molar-refractivity contribution is -0.136. The Hall–Kier alpha value is -4.28. The number of nitrogens with one attached hydrogen (secondary N) is 1. The number of tetrazole rings is 1. The van der Waals surface area contributed by atoms with Gasteiger partial charge in [-0.2, -0.15) is 4.68 Å². The fraction of sp³-hybridized carbons (Fsp3) is 0.154. The highest BCUT2D eigenvalue weighted by Gasteiger charge is 2.29. The monoisotopic (exact) mass is 547 g/mol. The van der Waals surface area contributed by atoms with E-state index in [1.807, 2.05) is 12.1 Å². The summed E-state index contributed by atoms with van der Waals surface area (Å²) in [6.07, 6.45) is 2.72. The fourth-order valence-electron chi connectivity index (χ4n) is 4.95. The number of carboxylic acid groups (broad SMARTS) is 1. The minimum atomic E-state index is -0.914. The molecule has 1 aliphatic heterocycles. The first kappa shape index (κ1) is 24.1. The molecule has 0 aliphatic carbocycles. The van der Waals surface area contributed by atoms with Crippen LogP contribution in [0.3, 0.4) is 0 Å². The Bertz CT molecular complexity index is 1740. The minimum absolute atomic E-state index is 0.0953. The van der Waals surface area contributed by atoms with E-state index < -0.39 is 5.97 Å². The van der Waals surface area contributed by atoms with Crippen LogP contribution in [0, 0.1) is 0 Å². The zero-order valence-corrected chi connectivity index (χ0v) is 21.2. The number of nitrogens with zero attached hydrogens (tertiary/aromatic N) is 6. The van der Waals surface area contributed by atoms with Crippen LogP contribution in [0.4, 0.5) is 0 Å². The van der Waals surface area contributed by atoms with Crippen molar-refractivity contribution in [3.63, 3.8) is 0 Å². The number of halogens is 2. The molecule has 0 spiro atoms. The molecule has 2 aromatic carbocycles. The molecule has 0 saturated carbocycles. The van der Waals surface area contributed by atoms with E-state index >= 15 is 0 Å². The Morgan fingerprint density at radius 3 is 2.76 bits per heavy atom. The highest BCUT2D eigenvalue weighted by atomic mass is 35.5. The molecule has 190 valence electrons. The van der Waals surface area contributed by atoms with Crippen molar-refractivity contribution in [1.82, 2.24) is 34.7 Å². The number of pyridine rings is 1. The number of aliphatic carboxylic acids is 1. The van der Waals surface area contributed by atoms with Crippen molar-refractivity contribution in [3.05, 3.63) is 98.5 Å². The maximum absolute atomic E-state index is 13.4. The summed E-state index contributed by atoms with van der Waals surface area (Å²) in [6.45, 7) is 0. The lowest BCUT2D eigenvalue weighted by Gasteiger charge is -2.15. The van der Waals surface area contributed by atoms with Gasteiger partial charge in [-0.3, -0.25) is 9.59 Å². The predicted octanol–water partition coefficient (Wildman–Crippen LogP) is 4.35. The van der Waals surface area contributed by atoms with E-state index in [1.165, 1.54) is 11.0 Å². The Labute approximate surface area is 225 Å². The normalized spacial score (nSPS) is 14.5. The first-order valence-corrected chi connectivity index (χ1v) is 12.5. The first-order chi connectivity index (χ1) is 18.4. The molecule has 12 heteroatoms. The molecule has 3 aromatic heterocycles. The Kier molecular flexibility index (Phi) is 6.05. The molecule has 1 aliphatic rings. The highest BCUT2D eigenvalue weighted by molar-refractivity contribution is 6.32. The SMILES string of the molecule is O=C(O)Cc1cccc(-c2[nH]c([C@@H]3CCc4cc(-c5cc(Cl)ccc5-n5cnnn5)cc(=O)n43)nc2Cl)c1. The summed E-state index contributed by atoms with van der Waals surface area (Å²) in [5.41, 5.74) is 4.78. The van der Waals surface area contributed by atoms with Crippen LogP contribution in [0.1, 0.15) is 29.5 Å². The number of rotatable bonds is 6. The van der Waals surface area contributed by atoms with Crippen molar-refractivity contribution >= 4 is 29.2 Å². The molecular weight excluding hydrogens is 529 g/mol. The number of hydrogen-bond acceptors (Lipinski definition) is 6. The minimum Gasteiger partial charge on any atom is -0.481 e. The molecule has 0 fully saturated rings. The molecule has 6 rings (SSSR count). The van der Waals surface area contributed by atoms with E-state index in [2.05, 4.69) is 25.5 Å². The van der Waals surface area contributed by atoms with Crippen molar-refractivity contribution in [3.8, 4) is 28.1 Å². The van der Waals surface area contributed by atoms with Gasteiger partial charge in [-0.15, -0.1) is 5.10 Å². The molecule has 0 amide bonds. The van der Waals surface area contributed by atoms with Gasteiger partial charge in [0, 0.05) is 27.9 Å². The molecule has 0 saturated heterocycles. The number of fused-ring (bicyclic) bond motifs is 1. The topological polar surface area (TPSA) is 132 Å². The second kappa shape index (κ2) is 9.55. The smallest absolute Gasteiger partial charge is 0.307 e. The third-order valence-corrected chi connectivity index (χ3v) is 7.07. The quantitative estimate of drug-likeness (QED) is 0.323. The average Bonchev–Trinajstić information content (AvgIpc) is 3.64. The first-order valence-electron chi connectivity index (χ1n) is 11.7. The third-order valence-electron chi connectivity index (χ3n) is 6.56. The van der Waals surface area contributed by atoms with Gasteiger partial charge < -0.3 is 14.7 Å². The maximum atomic E-state index is 13.4. The van der Waals surface area contributed by atoms with E-state index in [9.17, 15) is 9.59 Å². The number of benzene rings is 2. The van der Waals surface area contributed by atoms with Gasteiger partial charge in [-0.25, -0.2) is 4.98 Å². The molecular formula is C26H19Cl2N7O3. The van der Waals surface area contributed by atoms with Crippen LogP contribution in [0.2, 0.25) is 10.2 Å². The molecule has 4 heterocycles. The van der Waals surface area contributed by atoms with Gasteiger partial charge in [-0.05, 0) is 64.7 Å². The van der Waals surface area contributed by atoms with Crippen LogP contribution in [0.15, 0.2) is 65.7 Å². The van der Waals surface area contributed by atoms with Gasteiger partial charge in [0.25, 0.3) is 5.56 Å². The summed E-state index contributed by atoms with van der Waals surface area (Å²) >= 11 is 12.8. The zero-order valence-electron chi connectivity index (χ0n) is 19.7. The van der Waals surface area contributed by atoms with Crippen molar-refractivity contribution < 1.29 is 9.90 Å². The third kappa shape index (κ3) is 4.37. The summed E-state index contributed by atoms with van der Waals surface area (Å²) in [5, 5.41) is 21.3. The number of aromatic nitrogens is 7. The Morgan fingerprint density at radius 1 is 1.11 bits per heavy atom. The van der Waals surface area contributed by atoms with Crippen LogP contribution in [-0.4, -0.2) is 45.8 Å². The van der Waals surface area contributed by atoms with Gasteiger partial charge in [-0.1, -0.05) is 41.4 Å². The van der Waals surface area contributed by atoms with E-state index in [0.717, 1.165) is 16.8 Å². The highest BCUT2D eigenvalue weighted by Crippen LogP contribution is 2.36. The van der Waals surface area contributed by atoms with Gasteiger partial charge in [0.1, 0.15) is 12.2 Å². The van der Waals surface area contributed by atoms with Crippen molar-refractivity contribution in [2.24, 2.45) is 0 Å². The summed E-state index contributed by atoms with van der Waals surface area (Å²) in [6, 6.07) is 15.7. The molecule has 0 unspecified atom stereocenters. The van der Waals surface area contributed by atoms with Crippen molar-refractivity contribution in [1.29, 1.82) is 0 Å². The van der Waals surface area contributed by atoms with Crippen LogP contribution in [0.25, 0.3) is 28.1 Å². The predicted molar refractivity (Wildman–Crippen MR) is 141 cm³/mol. The fourth-order valence-corrected chi connectivity index (χ4v) is 5.37. The van der Waals surface area contributed by atoms with Gasteiger partial charge in [0.15, 0.2) is 5.15 Å². The zero-order chi connectivity index (χ0) is 26.4. The lowest BCUT2D eigenvalue weighted by atomic mass is 10.0. The molecule has 5 aromatic rings. The molecule has 0 radical (unpaired) electrons. The number of aromatic amines is 1. The molecule has 0 bridgehead atoms.